The number of carbonyl (C=O) groups excluding carboxylic acids is 4. The SMILES string of the molecule is CC(OC(=O)CN1C(=O)C2CCCCC2C1=O)C(=O)Nc1ccc(OC(F)F)c(Cl)c1. The molecule has 2 fully saturated rings. The molecule has 0 radical (unpaired) electrons. The third-order valence-corrected chi connectivity index (χ3v) is 5.61. The first-order valence-electron chi connectivity index (χ1n) is 9.77. The van der Waals surface area contributed by atoms with Crippen LogP contribution in [0.2, 0.25) is 5.02 Å². The van der Waals surface area contributed by atoms with Crippen LogP contribution >= 0.6 is 11.6 Å². The van der Waals surface area contributed by atoms with Gasteiger partial charge in [0.05, 0.1) is 16.9 Å². The molecule has 168 valence electrons. The maximum Gasteiger partial charge on any atom is 0.387 e. The van der Waals surface area contributed by atoms with E-state index < -0.39 is 31.1 Å². The topological polar surface area (TPSA) is 102 Å². The molecule has 1 N–H and O–H groups in total. The van der Waals surface area contributed by atoms with E-state index in [4.69, 9.17) is 16.3 Å². The molecule has 1 aliphatic heterocycles. The Morgan fingerprint density at radius 1 is 1.19 bits per heavy atom. The van der Waals surface area contributed by atoms with Crippen molar-refractivity contribution in [1.29, 1.82) is 0 Å². The molecule has 1 saturated carbocycles. The van der Waals surface area contributed by atoms with Crippen molar-refractivity contribution in [3.05, 3.63) is 23.2 Å². The number of likely N-dealkylation sites (tertiary alicyclic amines) is 1. The normalized spacial score (nSPS) is 21.6. The molecule has 3 rings (SSSR count). The summed E-state index contributed by atoms with van der Waals surface area (Å²) >= 11 is 5.83. The molecule has 3 unspecified atom stereocenters. The van der Waals surface area contributed by atoms with Crippen LogP contribution in [0.15, 0.2) is 18.2 Å². The summed E-state index contributed by atoms with van der Waals surface area (Å²) < 4.78 is 33.8. The smallest absolute Gasteiger partial charge is 0.387 e. The molecule has 1 aromatic carbocycles. The highest BCUT2D eigenvalue weighted by molar-refractivity contribution is 6.32. The highest BCUT2D eigenvalue weighted by Gasteiger charge is 2.48. The highest BCUT2D eigenvalue weighted by Crippen LogP contribution is 2.37. The molecule has 11 heteroatoms. The monoisotopic (exact) mass is 458 g/mol. The number of nitrogens with zero attached hydrogens (tertiary/aromatic N) is 1. The van der Waals surface area contributed by atoms with Crippen molar-refractivity contribution in [2.45, 2.75) is 45.3 Å². The van der Waals surface area contributed by atoms with Gasteiger partial charge in [-0.15, -0.1) is 0 Å². The molecule has 1 heterocycles. The second-order valence-electron chi connectivity index (χ2n) is 7.41. The van der Waals surface area contributed by atoms with Crippen molar-refractivity contribution in [2.75, 3.05) is 11.9 Å². The van der Waals surface area contributed by atoms with E-state index in [0.29, 0.717) is 12.8 Å². The van der Waals surface area contributed by atoms with Crippen LogP contribution in [-0.2, 0) is 23.9 Å². The summed E-state index contributed by atoms with van der Waals surface area (Å²) in [5, 5.41) is 2.29. The first kappa shape index (κ1) is 22.9. The number of hydrogen-bond donors (Lipinski definition) is 1. The molecule has 0 spiro atoms. The summed E-state index contributed by atoms with van der Waals surface area (Å²) in [7, 11) is 0. The minimum atomic E-state index is -3.05. The van der Waals surface area contributed by atoms with Crippen LogP contribution in [0.4, 0.5) is 14.5 Å². The summed E-state index contributed by atoms with van der Waals surface area (Å²) in [4.78, 5) is 50.2. The van der Waals surface area contributed by atoms with E-state index in [1.807, 2.05) is 0 Å². The van der Waals surface area contributed by atoms with Crippen molar-refractivity contribution < 1.29 is 37.4 Å². The number of carbonyl (C=O) groups is 4. The van der Waals surface area contributed by atoms with Gasteiger partial charge in [0.1, 0.15) is 12.3 Å². The largest absolute Gasteiger partial charge is 0.451 e. The summed E-state index contributed by atoms with van der Waals surface area (Å²) in [6.07, 6.45) is 1.76. The number of ether oxygens (including phenoxy) is 2. The summed E-state index contributed by atoms with van der Waals surface area (Å²) in [6.45, 7) is -2.28. The average molecular weight is 459 g/mol. The van der Waals surface area contributed by atoms with Crippen LogP contribution in [0.5, 0.6) is 5.75 Å². The predicted molar refractivity (Wildman–Crippen MR) is 104 cm³/mol. The maximum absolute atomic E-state index is 12.4. The predicted octanol–water partition coefficient (Wildman–Crippen LogP) is 2.99. The molecule has 0 bridgehead atoms. The van der Waals surface area contributed by atoms with Gasteiger partial charge in [0.15, 0.2) is 6.10 Å². The molecular formula is C20H21ClF2N2O6. The Labute approximate surface area is 181 Å². The zero-order chi connectivity index (χ0) is 22.7. The first-order valence-corrected chi connectivity index (χ1v) is 10.1. The Bertz CT molecular complexity index is 872. The molecule has 3 atom stereocenters. The van der Waals surface area contributed by atoms with E-state index in [0.717, 1.165) is 23.8 Å². The Morgan fingerprint density at radius 2 is 1.81 bits per heavy atom. The Kier molecular flexibility index (Phi) is 7.09. The van der Waals surface area contributed by atoms with Gasteiger partial charge in [-0.3, -0.25) is 24.1 Å². The van der Waals surface area contributed by atoms with Crippen LogP contribution in [-0.4, -0.2) is 47.9 Å². The lowest BCUT2D eigenvalue weighted by molar-refractivity contribution is -0.158. The number of esters is 1. The lowest BCUT2D eigenvalue weighted by Crippen LogP contribution is -2.39. The van der Waals surface area contributed by atoms with Crippen molar-refractivity contribution in [1.82, 2.24) is 4.90 Å². The van der Waals surface area contributed by atoms with Crippen molar-refractivity contribution in [3.8, 4) is 5.75 Å². The van der Waals surface area contributed by atoms with Gasteiger partial charge in [0, 0.05) is 5.69 Å². The van der Waals surface area contributed by atoms with Crippen LogP contribution < -0.4 is 10.1 Å². The summed E-state index contributed by atoms with van der Waals surface area (Å²) in [5.41, 5.74) is 0.175. The van der Waals surface area contributed by atoms with Gasteiger partial charge in [-0.2, -0.15) is 8.78 Å². The highest BCUT2D eigenvalue weighted by atomic mass is 35.5. The molecule has 31 heavy (non-hydrogen) atoms. The summed E-state index contributed by atoms with van der Waals surface area (Å²) in [6, 6.07) is 3.65. The molecular weight excluding hydrogens is 438 g/mol. The first-order chi connectivity index (χ1) is 14.7. The Morgan fingerprint density at radius 3 is 2.35 bits per heavy atom. The maximum atomic E-state index is 12.4. The van der Waals surface area contributed by atoms with E-state index in [1.54, 1.807) is 0 Å². The van der Waals surface area contributed by atoms with Crippen molar-refractivity contribution in [2.24, 2.45) is 11.8 Å². The number of amides is 3. The number of halogens is 3. The molecule has 8 nitrogen and oxygen atoms in total. The number of nitrogens with one attached hydrogen (secondary N) is 1. The second kappa shape index (κ2) is 9.59. The molecule has 0 aromatic heterocycles. The van der Waals surface area contributed by atoms with Gasteiger partial charge in [0.2, 0.25) is 11.8 Å². The number of rotatable bonds is 7. The fourth-order valence-electron chi connectivity index (χ4n) is 3.82. The van der Waals surface area contributed by atoms with Gasteiger partial charge >= 0.3 is 12.6 Å². The Hall–Kier alpha value is -2.75. The molecule has 1 aromatic rings. The number of imide groups is 1. The minimum Gasteiger partial charge on any atom is -0.451 e. The fourth-order valence-corrected chi connectivity index (χ4v) is 4.04. The molecule has 1 aliphatic carbocycles. The van der Waals surface area contributed by atoms with Gasteiger partial charge < -0.3 is 14.8 Å². The van der Waals surface area contributed by atoms with Gasteiger partial charge in [-0.25, -0.2) is 0 Å². The van der Waals surface area contributed by atoms with Crippen LogP contribution in [0.1, 0.15) is 32.6 Å². The summed E-state index contributed by atoms with van der Waals surface area (Å²) in [5.74, 6) is -3.35. The second-order valence-corrected chi connectivity index (χ2v) is 7.81. The number of alkyl halides is 2. The third kappa shape index (κ3) is 5.30. The van der Waals surface area contributed by atoms with Crippen LogP contribution in [0, 0.1) is 11.8 Å². The lowest BCUT2D eigenvalue weighted by Gasteiger charge is -2.19. The molecule has 2 aliphatic rings. The quantitative estimate of drug-likeness (QED) is 0.498. The van der Waals surface area contributed by atoms with E-state index in [1.165, 1.54) is 19.1 Å². The van der Waals surface area contributed by atoms with E-state index >= 15 is 0 Å². The van der Waals surface area contributed by atoms with E-state index in [-0.39, 0.29) is 40.1 Å². The van der Waals surface area contributed by atoms with Crippen LogP contribution in [0.25, 0.3) is 0 Å². The molecule has 1 saturated heterocycles. The van der Waals surface area contributed by atoms with Crippen molar-refractivity contribution in [3.63, 3.8) is 0 Å². The average Bonchev–Trinajstić information content (AvgIpc) is 2.95. The third-order valence-electron chi connectivity index (χ3n) is 5.31. The van der Waals surface area contributed by atoms with Gasteiger partial charge in [0.25, 0.3) is 5.91 Å². The minimum absolute atomic E-state index is 0.143. The standard InChI is InChI=1S/C20H21ClF2N2O6/c1-10(17(27)24-11-6-7-15(14(21)8-11)31-20(22)23)30-16(26)9-25-18(28)12-4-2-3-5-13(12)19(25)29/h6-8,10,12-13,20H,2-5,9H2,1H3,(H,24,27). The number of hydrogen-bond acceptors (Lipinski definition) is 6. The van der Waals surface area contributed by atoms with E-state index in [2.05, 4.69) is 10.1 Å². The van der Waals surface area contributed by atoms with Gasteiger partial charge in [-0.05, 0) is 38.0 Å². The van der Waals surface area contributed by atoms with E-state index in [9.17, 15) is 28.0 Å². The molecule has 3 amide bonds. The van der Waals surface area contributed by atoms with Crippen molar-refractivity contribution >= 4 is 41.0 Å². The number of anilines is 1. The van der Waals surface area contributed by atoms with Crippen LogP contribution in [0.3, 0.4) is 0 Å². The number of benzene rings is 1. The zero-order valence-electron chi connectivity index (χ0n) is 16.6. The van der Waals surface area contributed by atoms with Gasteiger partial charge in [-0.1, -0.05) is 24.4 Å². The lowest BCUT2D eigenvalue weighted by atomic mass is 9.81. The fraction of sp³-hybridized carbons (Fsp3) is 0.500. The Balaban J connectivity index is 1.53. The zero-order valence-corrected chi connectivity index (χ0v) is 17.4. The number of fused-ring (bicyclic) bond motifs is 1.